The van der Waals surface area contributed by atoms with Crippen LogP contribution in [-0.4, -0.2) is 53.3 Å². The highest BCUT2D eigenvalue weighted by molar-refractivity contribution is 7.89. The second-order valence-corrected chi connectivity index (χ2v) is 9.24. The van der Waals surface area contributed by atoms with Crippen LogP contribution in [0.5, 0.6) is 5.75 Å². The van der Waals surface area contributed by atoms with Gasteiger partial charge in [-0.2, -0.15) is 4.31 Å². The first-order valence-corrected chi connectivity index (χ1v) is 11.8. The molecule has 0 spiro atoms. The molecule has 3 aromatic rings. The van der Waals surface area contributed by atoms with Crippen LogP contribution in [-0.2, 0) is 21.4 Å². The highest BCUT2D eigenvalue weighted by Crippen LogP contribution is 2.25. The molecule has 1 aliphatic rings. The maximum Gasteiger partial charge on any atom is 0.243 e. The van der Waals surface area contributed by atoms with E-state index >= 15 is 0 Å². The Bertz CT molecular complexity index is 1190. The van der Waals surface area contributed by atoms with Crippen LogP contribution in [0.15, 0.2) is 47.4 Å². The molecule has 1 saturated heterocycles. The fourth-order valence-corrected chi connectivity index (χ4v) is 5.16. The van der Waals surface area contributed by atoms with E-state index in [-0.39, 0.29) is 17.2 Å². The lowest BCUT2D eigenvalue weighted by atomic mass is 10.2. The molecule has 31 heavy (non-hydrogen) atoms. The van der Waals surface area contributed by atoms with Crippen molar-refractivity contribution in [3.8, 4) is 5.75 Å². The van der Waals surface area contributed by atoms with Crippen LogP contribution in [0, 0.1) is 0 Å². The van der Waals surface area contributed by atoms with E-state index in [1.165, 1.54) is 4.31 Å². The van der Waals surface area contributed by atoms with Crippen LogP contribution in [0.25, 0.3) is 11.0 Å². The molecule has 0 unspecified atom stereocenters. The third kappa shape index (κ3) is 4.54. The predicted octanol–water partition coefficient (Wildman–Crippen LogP) is 2.64. The summed E-state index contributed by atoms with van der Waals surface area (Å²) in [6, 6.07) is 12.1. The van der Waals surface area contributed by atoms with Gasteiger partial charge in [-0.15, -0.1) is 5.10 Å². The molecule has 0 atom stereocenters. The van der Waals surface area contributed by atoms with Crippen LogP contribution in [0.1, 0.15) is 26.2 Å². The summed E-state index contributed by atoms with van der Waals surface area (Å²) >= 11 is 0. The molecule has 0 aliphatic carbocycles. The molecule has 1 N–H and O–H groups in total. The molecular weight excluding hydrogens is 418 g/mol. The number of aryl methyl sites for hydroxylation is 1. The van der Waals surface area contributed by atoms with E-state index in [2.05, 4.69) is 15.6 Å². The quantitative estimate of drug-likeness (QED) is 0.574. The van der Waals surface area contributed by atoms with Crippen molar-refractivity contribution in [3.63, 3.8) is 0 Å². The number of fused-ring (bicyclic) bond motifs is 1. The van der Waals surface area contributed by atoms with Crippen molar-refractivity contribution < 1.29 is 17.9 Å². The number of nitrogens with zero attached hydrogens (tertiary/aromatic N) is 4. The SMILES string of the molecule is CCOc1ccccc1NC(=O)CCn1nnc2cc(S(=O)(=O)N3CCCC3)ccc21. The van der Waals surface area contributed by atoms with Crippen LogP contribution in [0.2, 0.25) is 0 Å². The number of ether oxygens (including phenoxy) is 1. The summed E-state index contributed by atoms with van der Waals surface area (Å²) in [5, 5.41) is 11.0. The second kappa shape index (κ2) is 9.03. The van der Waals surface area contributed by atoms with E-state index in [4.69, 9.17) is 4.74 Å². The first-order chi connectivity index (χ1) is 15.0. The molecule has 0 saturated carbocycles. The average Bonchev–Trinajstić information content (AvgIpc) is 3.44. The number of para-hydroxylation sites is 2. The molecule has 4 rings (SSSR count). The maximum absolute atomic E-state index is 12.8. The summed E-state index contributed by atoms with van der Waals surface area (Å²) in [7, 11) is -3.51. The standard InChI is InChI=1S/C21H25N5O4S/c1-2-30-20-8-4-3-7-17(20)22-21(27)11-14-26-19-10-9-16(15-18(19)23-24-26)31(28,29)25-12-5-6-13-25/h3-4,7-10,15H,2,5-6,11-14H2,1H3,(H,22,27). The molecule has 10 heteroatoms. The number of anilines is 1. The van der Waals surface area contributed by atoms with E-state index < -0.39 is 10.0 Å². The molecule has 1 aliphatic heterocycles. The maximum atomic E-state index is 12.8. The van der Waals surface area contributed by atoms with Crippen molar-refractivity contribution in [2.45, 2.75) is 37.6 Å². The Hall–Kier alpha value is -2.98. The van der Waals surface area contributed by atoms with Gasteiger partial charge in [0.1, 0.15) is 11.3 Å². The van der Waals surface area contributed by atoms with Crippen LogP contribution < -0.4 is 10.1 Å². The number of hydrogen-bond donors (Lipinski definition) is 1. The van der Waals surface area contributed by atoms with Gasteiger partial charge in [-0.25, -0.2) is 13.1 Å². The number of nitrogens with one attached hydrogen (secondary N) is 1. The van der Waals surface area contributed by atoms with Crippen molar-refractivity contribution in [2.75, 3.05) is 25.0 Å². The van der Waals surface area contributed by atoms with Crippen LogP contribution >= 0.6 is 0 Å². The Kier molecular flexibility index (Phi) is 6.19. The molecule has 2 heterocycles. The summed E-state index contributed by atoms with van der Waals surface area (Å²) in [6.07, 6.45) is 1.95. The van der Waals surface area contributed by atoms with Gasteiger partial charge in [-0.3, -0.25) is 4.79 Å². The van der Waals surface area contributed by atoms with Gasteiger partial charge in [0.15, 0.2) is 0 Å². The zero-order chi connectivity index (χ0) is 21.8. The predicted molar refractivity (Wildman–Crippen MR) is 116 cm³/mol. The Morgan fingerprint density at radius 3 is 2.71 bits per heavy atom. The lowest BCUT2D eigenvalue weighted by Gasteiger charge is -2.15. The molecule has 1 amide bonds. The number of sulfonamides is 1. The molecule has 2 aromatic carbocycles. The minimum absolute atomic E-state index is 0.177. The van der Waals surface area contributed by atoms with Crippen LogP contribution in [0.3, 0.4) is 0 Å². The molecular formula is C21H25N5O4S. The number of rotatable bonds is 8. The van der Waals surface area contributed by atoms with Gasteiger partial charge in [0, 0.05) is 19.5 Å². The minimum Gasteiger partial charge on any atom is -0.492 e. The molecule has 0 radical (unpaired) electrons. The monoisotopic (exact) mass is 443 g/mol. The van der Waals surface area contributed by atoms with Gasteiger partial charge in [-0.05, 0) is 50.1 Å². The van der Waals surface area contributed by atoms with Gasteiger partial charge in [0.2, 0.25) is 15.9 Å². The fraction of sp³-hybridized carbons (Fsp3) is 0.381. The minimum atomic E-state index is -3.51. The highest BCUT2D eigenvalue weighted by atomic mass is 32.2. The summed E-state index contributed by atoms with van der Waals surface area (Å²) in [4.78, 5) is 12.6. The van der Waals surface area contributed by atoms with Crippen molar-refractivity contribution in [3.05, 3.63) is 42.5 Å². The molecule has 0 bridgehead atoms. The lowest BCUT2D eigenvalue weighted by molar-refractivity contribution is -0.116. The molecule has 1 aromatic heterocycles. The van der Waals surface area contributed by atoms with Crippen molar-refractivity contribution in [1.82, 2.24) is 19.3 Å². The van der Waals surface area contributed by atoms with Crippen molar-refractivity contribution in [2.24, 2.45) is 0 Å². The van der Waals surface area contributed by atoms with Gasteiger partial charge in [-0.1, -0.05) is 17.3 Å². The van der Waals surface area contributed by atoms with Gasteiger partial charge in [0.05, 0.1) is 29.3 Å². The summed E-state index contributed by atoms with van der Waals surface area (Å²) in [6.45, 7) is 3.81. The number of benzene rings is 2. The van der Waals surface area contributed by atoms with E-state index in [1.54, 1.807) is 35.0 Å². The molecule has 1 fully saturated rings. The van der Waals surface area contributed by atoms with E-state index in [1.807, 2.05) is 19.1 Å². The van der Waals surface area contributed by atoms with E-state index in [0.29, 0.717) is 48.7 Å². The largest absolute Gasteiger partial charge is 0.492 e. The third-order valence-electron chi connectivity index (χ3n) is 5.20. The number of carbonyl (C=O) groups is 1. The van der Waals surface area contributed by atoms with Gasteiger partial charge < -0.3 is 10.1 Å². The van der Waals surface area contributed by atoms with Gasteiger partial charge >= 0.3 is 0 Å². The Balaban J connectivity index is 1.44. The first-order valence-electron chi connectivity index (χ1n) is 10.3. The Morgan fingerprint density at radius 2 is 1.94 bits per heavy atom. The second-order valence-electron chi connectivity index (χ2n) is 7.30. The number of aromatic nitrogens is 3. The smallest absolute Gasteiger partial charge is 0.243 e. The average molecular weight is 444 g/mol. The Labute approximate surface area is 181 Å². The zero-order valence-corrected chi connectivity index (χ0v) is 18.1. The number of amides is 1. The summed E-state index contributed by atoms with van der Waals surface area (Å²) in [5.41, 5.74) is 1.79. The fourth-order valence-electron chi connectivity index (χ4n) is 3.63. The highest BCUT2D eigenvalue weighted by Gasteiger charge is 2.27. The zero-order valence-electron chi connectivity index (χ0n) is 17.3. The van der Waals surface area contributed by atoms with Crippen molar-refractivity contribution >= 4 is 32.7 Å². The van der Waals surface area contributed by atoms with E-state index in [9.17, 15) is 13.2 Å². The normalized spacial score (nSPS) is 14.7. The lowest BCUT2D eigenvalue weighted by Crippen LogP contribution is -2.27. The summed E-state index contributed by atoms with van der Waals surface area (Å²) in [5.74, 6) is 0.445. The van der Waals surface area contributed by atoms with Crippen LogP contribution in [0.4, 0.5) is 5.69 Å². The Morgan fingerprint density at radius 1 is 1.16 bits per heavy atom. The number of carbonyl (C=O) groups excluding carboxylic acids is 1. The third-order valence-corrected chi connectivity index (χ3v) is 7.09. The van der Waals surface area contributed by atoms with E-state index in [0.717, 1.165) is 12.8 Å². The summed E-state index contributed by atoms with van der Waals surface area (Å²) < 4.78 is 34.1. The molecule has 9 nitrogen and oxygen atoms in total. The number of hydrogen-bond acceptors (Lipinski definition) is 6. The van der Waals surface area contributed by atoms with Gasteiger partial charge in [0.25, 0.3) is 0 Å². The van der Waals surface area contributed by atoms with Crippen molar-refractivity contribution in [1.29, 1.82) is 0 Å². The first kappa shape index (κ1) is 21.3. The molecule has 164 valence electrons. The topological polar surface area (TPSA) is 106 Å².